The smallest absolute Gasteiger partial charge is 0.327 e. The minimum absolute atomic E-state index is 0. The number of hydrogen-bond donors (Lipinski definition) is 1. The maximum atomic E-state index is 13.1. The van der Waals surface area contributed by atoms with Crippen molar-refractivity contribution >= 4 is 30.3 Å². The molecule has 0 bridgehead atoms. The van der Waals surface area contributed by atoms with E-state index in [-0.39, 0.29) is 36.8 Å². The van der Waals surface area contributed by atoms with Gasteiger partial charge in [-0.1, -0.05) is 49.6 Å². The van der Waals surface area contributed by atoms with E-state index in [1.54, 1.807) is 16.8 Å². The van der Waals surface area contributed by atoms with Crippen molar-refractivity contribution in [2.75, 3.05) is 26.7 Å². The topological polar surface area (TPSA) is 87.0 Å². The summed E-state index contributed by atoms with van der Waals surface area (Å²) in [6.07, 6.45) is 4.98. The summed E-state index contributed by atoms with van der Waals surface area (Å²) in [7, 11) is 1.69. The summed E-state index contributed by atoms with van der Waals surface area (Å²) in [4.78, 5) is 43.3. The van der Waals surface area contributed by atoms with Crippen LogP contribution in [0.2, 0.25) is 0 Å². The third-order valence-electron chi connectivity index (χ3n) is 5.98. The van der Waals surface area contributed by atoms with E-state index < -0.39 is 5.54 Å². The predicted octanol–water partition coefficient (Wildman–Crippen LogP) is 2.38. The van der Waals surface area contributed by atoms with Gasteiger partial charge in [-0.15, -0.1) is 12.4 Å². The van der Waals surface area contributed by atoms with Crippen LogP contribution in [-0.4, -0.2) is 64.8 Å². The molecule has 0 unspecified atom stereocenters. The lowest BCUT2D eigenvalue weighted by atomic mass is 9.81. The summed E-state index contributed by atoms with van der Waals surface area (Å²) in [6.45, 7) is 1.21. The van der Waals surface area contributed by atoms with Gasteiger partial charge in [-0.2, -0.15) is 0 Å². The fourth-order valence-electron chi connectivity index (χ4n) is 4.28. The number of carbonyl (C=O) groups excluding carboxylic acids is 3. The third kappa shape index (κ3) is 4.73. The first-order chi connectivity index (χ1) is 13.5. The van der Waals surface area contributed by atoms with E-state index in [0.717, 1.165) is 29.7 Å². The molecule has 4 amide bonds. The number of imide groups is 1. The average molecular weight is 423 g/mol. The van der Waals surface area contributed by atoms with Gasteiger partial charge in [-0.3, -0.25) is 14.5 Å². The molecule has 160 valence electrons. The Balaban J connectivity index is 0.00000300. The fourth-order valence-corrected chi connectivity index (χ4v) is 4.28. The zero-order chi connectivity index (χ0) is 20.1. The first-order valence-electron chi connectivity index (χ1n) is 10.1. The number of carbonyl (C=O) groups is 3. The van der Waals surface area contributed by atoms with Gasteiger partial charge in [-0.25, -0.2) is 4.79 Å². The summed E-state index contributed by atoms with van der Waals surface area (Å²) in [6, 6.07) is 9.33. The molecule has 1 aliphatic carbocycles. The molecule has 0 radical (unpaired) electrons. The number of halogens is 1. The van der Waals surface area contributed by atoms with Gasteiger partial charge >= 0.3 is 6.03 Å². The van der Waals surface area contributed by atoms with Gasteiger partial charge in [0, 0.05) is 20.1 Å². The highest BCUT2D eigenvalue weighted by molar-refractivity contribution is 6.08. The van der Waals surface area contributed by atoms with Crippen LogP contribution in [0, 0.1) is 0 Å². The van der Waals surface area contributed by atoms with Crippen LogP contribution in [-0.2, 0) is 16.1 Å². The van der Waals surface area contributed by atoms with Crippen LogP contribution < -0.4 is 5.73 Å². The Bertz CT molecular complexity index is 722. The van der Waals surface area contributed by atoms with Gasteiger partial charge in [0.2, 0.25) is 5.91 Å². The van der Waals surface area contributed by atoms with Crippen molar-refractivity contribution in [2.45, 2.75) is 50.6 Å². The van der Waals surface area contributed by atoms with E-state index in [0.29, 0.717) is 38.9 Å². The molecular formula is C21H31ClN4O3. The number of nitrogens with two attached hydrogens (primary N) is 1. The maximum absolute atomic E-state index is 13.1. The van der Waals surface area contributed by atoms with Gasteiger partial charge in [-0.05, 0) is 31.4 Å². The highest BCUT2D eigenvalue weighted by Gasteiger charge is 2.55. The van der Waals surface area contributed by atoms with Crippen LogP contribution in [0.15, 0.2) is 30.3 Å². The largest absolute Gasteiger partial charge is 0.337 e. The number of nitrogens with zero attached hydrogens (tertiary/aromatic N) is 3. The van der Waals surface area contributed by atoms with E-state index in [9.17, 15) is 14.4 Å². The molecule has 1 saturated heterocycles. The fraction of sp³-hybridized carbons (Fsp3) is 0.571. The monoisotopic (exact) mass is 422 g/mol. The molecule has 1 aromatic rings. The van der Waals surface area contributed by atoms with Crippen molar-refractivity contribution in [2.24, 2.45) is 5.73 Å². The Morgan fingerprint density at radius 1 is 1.14 bits per heavy atom. The molecule has 1 aliphatic heterocycles. The number of amides is 4. The zero-order valence-corrected chi connectivity index (χ0v) is 17.8. The molecule has 0 atom stereocenters. The molecule has 1 spiro atoms. The standard InChI is InChI=1S/C21H30N4O3.ClH/c1-23-20(28)25(19(27)21(23)11-6-3-7-12-21)16-18(26)24(14-8-13-22)15-17-9-4-2-5-10-17;/h2,4-5,9-10H,3,6-8,11-16,22H2,1H3;1H. The van der Waals surface area contributed by atoms with E-state index in [1.807, 2.05) is 30.3 Å². The second-order valence-electron chi connectivity index (χ2n) is 7.77. The molecule has 1 aromatic carbocycles. The van der Waals surface area contributed by atoms with Crippen LogP contribution in [0.3, 0.4) is 0 Å². The maximum Gasteiger partial charge on any atom is 0.327 e. The normalized spacial score (nSPS) is 18.1. The Labute approximate surface area is 178 Å². The Kier molecular flexibility index (Phi) is 8.05. The van der Waals surface area contributed by atoms with Crippen LogP contribution in [0.25, 0.3) is 0 Å². The van der Waals surface area contributed by atoms with Crippen molar-refractivity contribution in [1.29, 1.82) is 0 Å². The van der Waals surface area contributed by atoms with Crippen LogP contribution >= 0.6 is 12.4 Å². The van der Waals surface area contributed by atoms with E-state index in [1.165, 1.54) is 0 Å². The summed E-state index contributed by atoms with van der Waals surface area (Å²) in [5, 5.41) is 0. The molecule has 0 aromatic heterocycles. The molecule has 8 heteroatoms. The van der Waals surface area contributed by atoms with E-state index in [4.69, 9.17) is 5.73 Å². The second-order valence-corrected chi connectivity index (χ2v) is 7.77. The molecule has 1 heterocycles. The van der Waals surface area contributed by atoms with Gasteiger partial charge in [0.1, 0.15) is 12.1 Å². The predicted molar refractivity (Wildman–Crippen MR) is 113 cm³/mol. The molecule has 2 N–H and O–H groups in total. The number of rotatable bonds is 7. The van der Waals surface area contributed by atoms with Crippen LogP contribution in [0.1, 0.15) is 44.1 Å². The van der Waals surface area contributed by atoms with Crippen molar-refractivity contribution in [3.05, 3.63) is 35.9 Å². The van der Waals surface area contributed by atoms with Gasteiger partial charge in [0.25, 0.3) is 5.91 Å². The SMILES string of the molecule is CN1C(=O)N(CC(=O)N(CCCN)Cc2ccccc2)C(=O)C12CCCCC2.Cl. The first-order valence-corrected chi connectivity index (χ1v) is 10.1. The third-order valence-corrected chi connectivity index (χ3v) is 5.98. The zero-order valence-electron chi connectivity index (χ0n) is 17.0. The van der Waals surface area contributed by atoms with Crippen molar-refractivity contribution < 1.29 is 14.4 Å². The quantitative estimate of drug-likeness (QED) is 0.683. The van der Waals surface area contributed by atoms with Crippen LogP contribution in [0.5, 0.6) is 0 Å². The molecule has 2 fully saturated rings. The lowest BCUT2D eigenvalue weighted by Gasteiger charge is -2.35. The minimum atomic E-state index is -0.753. The number of likely N-dealkylation sites (N-methyl/N-ethyl adjacent to an activating group) is 1. The Morgan fingerprint density at radius 3 is 2.41 bits per heavy atom. The number of urea groups is 1. The molecular weight excluding hydrogens is 392 g/mol. The average Bonchev–Trinajstić information content (AvgIpc) is 2.88. The van der Waals surface area contributed by atoms with Gasteiger partial charge in [0.05, 0.1) is 0 Å². The second kappa shape index (κ2) is 10.1. The van der Waals surface area contributed by atoms with E-state index in [2.05, 4.69) is 0 Å². The summed E-state index contributed by atoms with van der Waals surface area (Å²) >= 11 is 0. The van der Waals surface area contributed by atoms with E-state index >= 15 is 0 Å². The lowest BCUT2D eigenvalue weighted by molar-refractivity contribution is -0.140. The van der Waals surface area contributed by atoms with Gasteiger partial charge < -0.3 is 15.5 Å². The number of benzene rings is 1. The molecule has 29 heavy (non-hydrogen) atoms. The van der Waals surface area contributed by atoms with Crippen LogP contribution in [0.4, 0.5) is 4.79 Å². The van der Waals surface area contributed by atoms with Gasteiger partial charge in [0.15, 0.2) is 0 Å². The first kappa shape index (κ1) is 23.2. The minimum Gasteiger partial charge on any atom is -0.337 e. The number of hydrogen-bond acceptors (Lipinski definition) is 4. The molecule has 2 aliphatic rings. The summed E-state index contributed by atoms with van der Waals surface area (Å²) in [5.74, 6) is -0.438. The lowest BCUT2D eigenvalue weighted by Crippen LogP contribution is -2.49. The Hall–Kier alpha value is -2.12. The van der Waals surface area contributed by atoms with Crippen molar-refractivity contribution in [3.8, 4) is 0 Å². The van der Waals surface area contributed by atoms with Crippen molar-refractivity contribution in [3.63, 3.8) is 0 Å². The highest BCUT2D eigenvalue weighted by atomic mass is 35.5. The van der Waals surface area contributed by atoms with Crippen molar-refractivity contribution in [1.82, 2.24) is 14.7 Å². The Morgan fingerprint density at radius 2 is 1.79 bits per heavy atom. The summed E-state index contributed by atoms with van der Waals surface area (Å²) in [5.41, 5.74) is 5.88. The molecule has 1 saturated carbocycles. The molecule has 3 rings (SSSR count). The highest BCUT2D eigenvalue weighted by Crippen LogP contribution is 2.39. The molecule has 7 nitrogen and oxygen atoms in total. The summed E-state index contributed by atoms with van der Waals surface area (Å²) < 4.78 is 0.